The van der Waals surface area contributed by atoms with Gasteiger partial charge in [0.25, 0.3) is 0 Å². The number of likely N-dealkylation sites (tertiary alicyclic amines) is 2. The highest BCUT2D eigenvalue weighted by Gasteiger charge is 2.51. The van der Waals surface area contributed by atoms with Crippen molar-refractivity contribution >= 4 is 11.8 Å². The topological polar surface area (TPSA) is 71.3 Å². The van der Waals surface area contributed by atoms with Crippen LogP contribution in [0.1, 0.15) is 37.7 Å². The van der Waals surface area contributed by atoms with Crippen LogP contribution in [0.15, 0.2) is 36.8 Å². The van der Waals surface area contributed by atoms with E-state index in [9.17, 15) is 9.59 Å². The molecule has 2 aromatic heterocycles. The molecule has 0 aromatic carbocycles. The molecule has 2 saturated heterocycles. The highest BCUT2D eigenvalue weighted by Crippen LogP contribution is 2.41. The standard InChI is InChI=1S/C21H27N5O2/c1-2-18-23-10-14-24(18)11-6-19(27)26-13-8-21(16-26)7-12-25(20(21)28)15-17-5-3-4-9-22-17/h3-5,9-10,14H,2,6-8,11-13,15-16H2,1H3. The van der Waals surface area contributed by atoms with Gasteiger partial charge in [-0.25, -0.2) is 4.98 Å². The Balaban J connectivity index is 1.34. The zero-order valence-corrected chi connectivity index (χ0v) is 16.4. The van der Waals surface area contributed by atoms with E-state index in [1.807, 2.05) is 38.8 Å². The van der Waals surface area contributed by atoms with Crippen molar-refractivity contribution < 1.29 is 9.59 Å². The Hall–Kier alpha value is -2.70. The van der Waals surface area contributed by atoms with Gasteiger partial charge < -0.3 is 14.4 Å². The second kappa shape index (κ2) is 7.73. The maximum absolute atomic E-state index is 13.1. The van der Waals surface area contributed by atoms with Gasteiger partial charge in [-0.1, -0.05) is 13.0 Å². The summed E-state index contributed by atoms with van der Waals surface area (Å²) in [4.78, 5) is 38.2. The van der Waals surface area contributed by atoms with Crippen molar-refractivity contribution in [1.82, 2.24) is 24.3 Å². The number of nitrogens with zero attached hydrogens (tertiary/aromatic N) is 5. The molecule has 4 heterocycles. The quantitative estimate of drug-likeness (QED) is 0.766. The van der Waals surface area contributed by atoms with E-state index in [2.05, 4.69) is 16.9 Å². The number of hydrogen-bond donors (Lipinski definition) is 0. The van der Waals surface area contributed by atoms with E-state index >= 15 is 0 Å². The number of aromatic nitrogens is 3. The van der Waals surface area contributed by atoms with E-state index in [4.69, 9.17) is 0 Å². The van der Waals surface area contributed by atoms with Gasteiger partial charge >= 0.3 is 0 Å². The van der Waals surface area contributed by atoms with Crippen LogP contribution in [-0.2, 0) is 29.1 Å². The minimum absolute atomic E-state index is 0.128. The van der Waals surface area contributed by atoms with Crippen LogP contribution < -0.4 is 0 Å². The molecule has 2 aromatic rings. The van der Waals surface area contributed by atoms with Gasteiger partial charge in [0.2, 0.25) is 11.8 Å². The highest BCUT2D eigenvalue weighted by atomic mass is 16.2. The second-order valence-electron chi connectivity index (χ2n) is 7.78. The van der Waals surface area contributed by atoms with Crippen LogP contribution in [0.25, 0.3) is 0 Å². The van der Waals surface area contributed by atoms with Gasteiger partial charge in [0.1, 0.15) is 5.82 Å². The summed E-state index contributed by atoms with van der Waals surface area (Å²) < 4.78 is 2.04. The monoisotopic (exact) mass is 381 g/mol. The number of amides is 2. The van der Waals surface area contributed by atoms with E-state index in [1.165, 1.54) is 0 Å². The molecule has 7 nitrogen and oxygen atoms in total. The third kappa shape index (κ3) is 3.53. The second-order valence-corrected chi connectivity index (χ2v) is 7.78. The molecule has 2 amide bonds. The van der Waals surface area contributed by atoms with Crippen LogP contribution >= 0.6 is 0 Å². The van der Waals surface area contributed by atoms with Gasteiger partial charge in [0.05, 0.1) is 17.7 Å². The first-order valence-corrected chi connectivity index (χ1v) is 10.1. The lowest BCUT2D eigenvalue weighted by Gasteiger charge is -2.23. The third-order valence-corrected chi connectivity index (χ3v) is 6.07. The molecule has 0 bridgehead atoms. The van der Waals surface area contributed by atoms with E-state index < -0.39 is 5.41 Å². The Morgan fingerprint density at radius 3 is 2.82 bits per heavy atom. The normalized spacial score (nSPS) is 21.8. The van der Waals surface area contributed by atoms with Crippen molar-refractivity contribution in [2.75, 3.05) is 19.6 Å². The van der Waals surface area contributed by atoms with Crippen LogP contribution in [0.4, 0.5) is 0 Å². The summed E-state index contributed by atoms with van der Waals surface area (Å²) >= 11 is 0. The predicted octanol–water partition coefficient (Wildman–Crippen LogP) is 1.88. The van der Waals surface area contributed by atoms with E-state index in [0.29, 0.717) is 32.6 Å². The minimum Gasteiger partial charge on any atom is -0.342 e. The molecule has 0 aliphatic carbocycles. The van der Waals surface area contributed by atoms with Crippen molar-refractivity contribution in [3.8, 4) is 0 Å². The van der Waals surface area contributed by atoms with Crippen LogP contribution in [0, 0.1) is 5.41 Å². The van der Waals surface area contributed by atoms with Gasteiger partial charge in [-0.3, -0.25) is 14.6 Å². The molecular weight excluding hydrogens is 354 g/mol. The molecule has 1 spiro atoms. The summed E-state index contributed by atoms with van der Waals surface area (Å²) in [5, 5.41) is 0. The minimum atomic E-state index is -0.395. The van der Waals surface area contributed by atoms with Crippen LogP contribution in [0.3, 0.4) is 0 Å². The number of carbonyl (C=O) groups excluding carboxylic acids is 2. The Kier molecular flexibility index (Phi) is 5.15. The lowest BCUT2D eigenvalue weighted by atomic mass is 9.85. The summed E-state index contributed by atoms with van der Waals surface area (Å²) in [6.07, 6.45) is 8.35. The zero-order chi connectivity index (χ0) is 19.6. The lowest BCUT2D eigenvalue weighted by Crippen LogP contribution is -2.38. The van der Waals surface area contributed by atoms with Crippen molar-refractivity contribution in [3.05, 3.63) is 48.3 Å². The lowest BCUT2D eigenvalue weighted by molar-refractivity contribution is -0.137. The molecule has 2 aliphatic heterocycles. The van der Waals surface area contributed by atoms with E-state index in [1.54, 1.807) is 12.4 Å². The van der Waals surface area contributed by atoms with Crippen LogP contribution in [0.5, 0.6) is 0 Å². The molecule has 0 saturated carbocycles. The van der Waals surface area contributed by atoms with Gasteiger partial charge in [-0.05, 0) is 25.0 Å². The number of hydrogen-bond acceptors (Lipinski definition) is 4. The molecule has 2 fully saturated rings. The molecule has 28 heavy (non-hydrogen) atoms. The average Bonchev–Trinajstić information content (AvgIpc) is 3.43. The summed E-state index contributed by atoms with van der Waals surface area (Å²) in [6.45, 7) is 5.22. The fourth-order valence-electron chi connectivity index (χ4n) is 4.43. The molecule has 7 heteroatoms. The zero-order valence-electron chi connectivity index (χ0n) is 16.4. The maximum atomic E-state index is 13.1. The summed E-state index contributed by atoms with van der Waals surface area (Å²) in [7, 11) is 0. The molecule has 148 valence electrons. The van der Waals surface area contributed by atoms with Crippen molar-refractivity contribution in [3.63, 3.8) is 0 Å². The van der Waals surface area contributed by atoms with Gasteiger partial charge in [0.15, 0.2) is 0 Å². The Morgan fingerprint density at radius 1 is 1.18 bits per heavy atom. The molecule has 1 unspecified atom stereocenters. The number of carbonyl (C=O) groups is 2. The van der Waals surface area contributed by atoms with Crippen molar-refractivity contribution in [2.24, 2.45) is 5.41 Å². The molecular formula is C21H27N5O2. The molecule has 1 atom stereocenters. The van der Waals surface area contributed by atoms with Crippen molar-refractivity contribution in [2.45, 2.75) is 45.7 Å². The van der Waals surface area contributed by atoms with Crippen LogP contribution in [-0.4, -0.2) is 55.8 Å². The van der Waals surface area contributed by atoms with Crippen LogP contribution in [0.2, 0.25) is 0 Å². The van der Waals surface area contributed by atoms with E-state index in [-0.39, 0.29) is 11.8 Å². The smallest absolute Gasteiger partial charge is 0.231 e. The fourth-order valence-corrected chi connectivity index (χ4v) is 4.43. The number of imidazole rings is 1. The predicted molar refractivity (Wildman–Crippen MR) is 104 cm³/mol. The third-order valence-electron chi connectivity index (χ3n) is 6.07. The first-order chi connectivity index (χ1) is 13.6. The summed E-state index contributed by atoms with van der Waals surface area (Å²) in [6, 6.07) is 5.77. The van der Waals surface area contributed by atoms with Gasteiger partial charge in [-0.15, -0.1) is 0 Å². The SMILES string of the molecule is CCc1nccn1CCC(=O)N1CCC2(CCN(Cc3ccccn3)C2=O)C1. The summed E-state index contributed by atoms with van der Waals surface area (Å²) in [5.41, 5.74) is 0.513. The van der Waals surface area contributed by atoms with Gasteiger partial charge in [0, 0.05) is 57.6 Å². The first-order valence-electron chi connectivity index (χ1n) is 10.1. The number of pyridine rings is 1. The highest BCUT2D eigenvalue weighted by molar-refractivity contribution is 5.87. The van der Waals surface area contributed by atoms with Crippen molar-refractivity contribution in [1.29, 1.82) is 0 Å². The Labute approximate surface area is 165 Å². The number of rotatable bonds is 6. The van der Waals surface area contributed by atoms with E-state index in [0.717, 1.165) is 37.3 Å². The average molecular weight is 381 g/mol. The fraction of sp³-hybridized carbons (Fsp3) is 0.524. The molecule has 0 N–H and O–H groups in total. The summed E-state index contributed by atoms with van der Waals surface area (Å²) in [5.74, 6) is 1.31. The molecule has 0 radical (unpaired) electrons. The first kappa shape index (κ1) is 18.7. The molecule has 4 rings (SSSR count). The largest absolute Gasteiger partial charge is 0.342 e. The molecule has 2 aliphatic rings. The van der Waals surface area contributed by atoms with Gasteiger partial charge in [-0.2, -0.15) is 0 Å². The maximum Gasteiger partial charge on any atom is 0.231 e. The Bertz CT molecular complexity index is 849. The number of aryl methyl sites for hydroxylation is 2. The Morgan fingerprint density at radius 2 is 2.04 bits per heavy atom.